The lowest BCUT2D eigenvalue weighted by Gasteiger charge is -2.32. The lowest BCUT2D eigenvalue weighted by molar-refractivity contribution is -0.118. The minimum atomic E-state index is -3.95. The third kappa shape index (κ3) is 3.97. The van der Waals surface area contributed by atoms with Crippen LogP contribution in [0, 0.1) is 0 Å². The number of aryl methyl sites for hydroxylation is 1. The van der Waals surface area contributed by atoms with Crippen molar-refractivity contribution in [2.45, 2.75) is 17.5 Å². The zero-order valence-corrected chi connectivity index (χ0v) is 19.1. The zero-order chi connectivity index (χ0) is 23.2. The lowest BCUT2D eigenvalue weighted by atomic mass is 9.90. The normalized spacial score (nSPS) is 16.5. The van der Waals surface area contributed by atoms with Gasteiger partial charge in [-0.25, -0.2) is 8.42 Å². The van der Waals surface area contributed by atoms with E-state index >= 15 is 0 Å². The van der Waals surface area contributed by atoms with E-state index in [4.69, 9.17) is 11.6 Å². The van der Waals surface area contributed by atoms with Gasteiger partial charge in [0.25, 0.3) is 10.0 Å². The van der Waals surface area contributed by atoms with E-state index < -0.39 is 15.9 Å². The van der Waals surface area contributed by atoms with Gasteiger partial charge < -0.3 is 5.32 Å². The summed E-state index contributed by atoms with van der Waals surface area (Å²) in [5.74, 6) is -1.13. The second-order valence-electron chi connectivity index (χ2n) is 7.76. The Morgan fingerprint density at radius 3 is 2.76 bits per heavy atom. The Morgan fingerprint density at radius 1 is 1.15 bits per heavy atom. The molecule has 3 heterocycles. The summed E-state index contributed by atoms with van der Waals surface area (Å²) in [4.78, 5) is 18.9. The number of rotatable bonds is 4. The number of carbonyl (C=O) groups excluding carboxylic acids is 1. The minimum absolute atomic E-state index is 0.0592. The number of amides is 1. The van der Waals surface area contributed by atoms with E-state index in [1.807, 2.05) is 24.3 Å². The number of hydrogen-bond acceptors (Lipinski definition) is 6. The molecule has 0 saturated carbocycles. The molecule has 2 aromatic heterocycles. The van der Waals surface area contributed by atoms with Crippen molar-refractivity contribution in [3.63, 3.8) is 0 Å². The molecule has 4 aromatic rings. The molecule has 1 amide bonds. The first-order valence-electron chi connectivity index (χ1n) is 10.1. The van der Waals surface area contributed by atoms with Crippen LogP contribution in [0.5, 0.6) is 0 Å². The number of fused-ring (bicyclic) bond motifs is 2. The maximum absolute atomic E-state index is 13.5. The number of nitrogens with zero attached hydrogens (tertiary/aromatic N) is 5. The molecule has 0 fully saturated rings. The predicted molar refractivity (Wildman–Crippen MR) is 123 cm³/mol. The van der Waals surface area contributed by atoms with Crippen molar-refractivity contribution in [1.82, 2.24) is 24.3 Å². The molecule has 168 valence electrons. The molecule has 2 aromatic carbocycles. The number of benzene rings is 2. The molecule has 0 aliphatic carbocycles. The average molecular weight is 483 g/mol. The summed E-state index contributed by atoms with van der Waals surface area (Å²) >= 11 is 6.22. The molecule has 1 aliphatic rings. The van der Waals surface area contributed by atoms with Gasteiger partial charge in [0.1, 0.15) is 0 Å². The Bertz CT molecular complexity index is 1480. The summed E-state index contributed by atoms with van der Waals surface area (Å²) in [6.07, 6.45) is 4.50. The number of halogens is 1. The summed E-state index contributed by atoms with van der Waals surface area (Å²) in [6, 6.07) is 12.7. The quantitative estimate of drug-likeness (QED) is 0.479. The van der Waals surface area contributed by atoms with E-state index in [9.17, 15) is 13.2 Å². The summed E-state index contributed by atoms with van der Waals surface area (Å²) < 4.78 is 27.7. The van der Waals surface area contributed by atoms with E-state index in [1.165, 1.54) is 15.3 Å². The number of pyridine rings is 1. The summed E-state index contributed by atoms with van der Waals surface area (Å²) in [6.45, 7) is 0.0429. The number of anilines is 1. The van der Waals surface area contributed by atoms with Crippen LogP contribution in [0.4, 0.5) is 5.69 Å². The van der Waals surface area contributed by atoms with E-state index in [0.717, 1.165) is 10.8 Å². The molecular formula is C22H19ClN6O3S. The van der Waals surface area contributed by atoms with Gasteiger partial charge in [-0.2, -0.15) is 14.2 Å². The van der Waals surface area contributed by atoms with Crippen molar-refractivity contribution in [1.29, 1.82) is 0 Å². The molecular weight excluding hydrogens is 464 g/mol. The van der Waals surface area contributed by atoms with Gasteiger partial charge in [0.05, 0.1) is 24.0 Å². The van der Waals surface area contributed by atoms with Crippen LogP contribution < -0.4 is 5.32 Å². The highest BCUT2D eigenvalue weighted by molar-refractivity contribution is 7.89. The Kier molecular flexibility index (Phi) is 5.35. The van der Waals surface area contributed by atoms with Crippen LogP contribution in [0.25, 0.3) is 10.8 Å². The SMILES string of the molecule is Cn1ncc(S(=O)(=O)N2Cc3ccc(Cl)cc3C(C(=O)Nc3cncc4ccccc34)C2)n1. The standard InChI is InChI=1S/C22H19ClN6O3S/c1-28-25-11-21(27-28)33(31,32)29-12-15-6-7-16(23)8-18(15)19(13-29)22(30)26-20-10-24-9-14-4-2-3-5-17(14)20/h2-11,19H,12-13H2,1H3,(H,26,30). The van der Waals surface area contributed by atoms with Crippen LogP contribution in [0.15, 0.2) is 66.1 Å². The smallest absolute Gasteiger partial charge is 0.264 e. The van der Waals surface area contributed by atoms with Crippen LogP contribution in [0.3, 0.4) is 0 Å². The fourth-order valence-corrected chi connectivity index (χ4v) is 5.51. The highest BCUT2D eigenvalue weighted by Crippen LogP contribution is 2.34. The number of hydrogen-bond donors (Lipinski definition) is 1. The van der Waals surface area contributed by atoms with Crippen LogP contribution in [0.1, 0.15) is 17.0 Å². The van der Waals surface area contributed by atoms with Gasteiger partial charge in [0.15, 0.2) is 0 Å². The summed E-state index contributed by atoms with van der Waals surface area (Å²) in [5.41, 5.74) is 1.95. The average Bonchev–Trinajstić information content (AvgIpc) is 3.25. The van der Waals surface area contributed by atoms with Crippen molar-refractivity contribution in [2.24, 2.45) is 7.05 Å². The fourth-order valence-electron chi connectivity index (χ4n) is 4.01. The first kappa shape index (κ1) is 21.5. The molecule has 1 unspecified atom stereocenters. The Labute approximate surface area is 195 Å². The molecule has 0 radical (unpaired) electrons. The Morgan fingerprint density at radius 2 is 1.97 bits per heavy atom. The van der Waals surface area contributed by atoms with Crippen molar-refractivity contribution >= 4 is 44.0 Å². The first-order valence-corrected chi connectivity index (χ1v) is 11.9. The third-order valence-corrected chi connectivity index (χ3v) is 7.55. The molecule has 33 heavy (non-hydrogen) atoms. The van der Waals surface area contributed by atoms with Crippen LogP contribution in [-0.4, -0.2) is 45.2 Å². The summed E-state index contributed by atoms with van der Waals surface area (Å²) in [5, 5.41) is 12.8. The topological polar surface area (TPSA) is 110 Å². The Balaban J connectivity index is 1.52. The van der Waals surface area contributed by atoms with E-state index in [0.29, 0.717) is 21.8 Å². The second-order valence-corrected chi connectivity index (χ2v) is 10.1. The number of nitrogens with one attached hydrogen (secondary N) is 1. The van der Waals surface area contributed by atoms with Crippen LogP contribution >= 0.6 is 11.6 Å². The minimum Gasteiger partial charge on any atom is -0.324 e. The molecule has 1 atom stereocenters. The largest absolute Gasteiger partial charge is 0.324 e. The van der Waals surface area contributed by atoms with Crippen molar-refractivity contribution < 1.29 is 13.2 Å². The summed E-state index contributed by atoms with van der Waals surface area (Å²) in [7, 11) is -2.41. The molecule has 0 bridgehead atoms. The number of carbonyl (C=O) groups is 1. The second kappa shape index (κ2) is 8.22. The Hall–Kier alpha value is -3.34. The van der Waals surface area contributed by atoms with E-state index in [1.54, 1.807) is 37.6 Å². The third-order valence-electron chi connectivity index (χ3n) is 5.64. The fraction of sp³-hybridized carbons (Fsp3) is 0.182. The monoisotopic (exact) mass is 482 g/mol. The molecule has 1 N–H and O–H groups in total. The van der Waals surface area contributed by atoms with Gasteiger partial charge in [0.2, 0.25) is 10.9 Å². The zero-order valence-electron chi connectivity index (χ0n) is 17.5. The maximum atomic E-state index is 13.5. The van der Waals surface area contributed by atoms with Gasteiger partial charge >= 0.3 is 0 Å². The number of aromatic nitrogens is 4. The molecule has 11 heteroatoms. The van der Waals surface area contributed by atoms with Gasteiger partial charge in [-0.05, 0) is 23.3 Å². The van der Waals surface area contributed by atoms with Gasteiger partial charge in [0, 0.05) is 42.1 Å². The van der Waals surface area contributed by atoms with Crippen molar-refractivity contribution in [2.75, 3.05) is 11.9 Å². The molecule has 0 saturated heterocycles. The molecule has 9 nitrogen and oxygen atoms in total. The number of sulfonamides is 1. The highest BCUT2D eigenvalue weighted by atomic mass is 35.5. The van der Waals surface area contributed by atoms with Gasteiger partial charge in [-0.1, -0.05) is 41.9 Å². The van der Waals surface area contributed by atoms with Gasteiger partial charge in [-0.3, -0.25) is 9.78 Å². The van der Waals surface area contributed by atoms with Crippen LogP contribution in [-0.2, 0) is 28.4 Å². The van der Waals surface area contributed by atoms with E-state index in [2.05, 4.69) is 20.5 Å². The highest BCUT2D eigenvalue weighted by Gasteiger charge is 2.38. The van der Waals surface area contributed by atoms with Crippen molar-refractivity contribution in [3.05, 3.63) is 77.2 Å². The lowest BCUT2D eigenvalue weighted by Crippen LogP contribution is -2.42. The van der Waals surface area contributed by atoms with E-state index in [-0.39, 0.29) is 24.0 Å². The van der Waals surface area contributed by atoms with Crippen LogP contribution in [0.2, 0.25) is 5.02 Å². The van der Waals surface area contributed by atoms with Gasteiger partial charge in [-0.15, -0.1) is 5.10 Å². The molecule has 0 spiro atoms. The van der Waals surface area contributed by atoms with Crippen molar-refractivity contribution in [3.8, 4) is 0 Å². The predicted octanol–water partition coefficient (Wildman–Crippen LogP) is 2.94. The first-order chi connectivity index (χ1) is 15.8. The molecule has 1 aliphatic heterocycles. The molecule has 5 rings (SSSR count). The maximum Gasteiger partial charge on any atom is 0.264 e.